The summed E-state index contributed by atoms with van der Waals surface area (Å²) in [5.41, 5.74) is 2.82. The van der Waals surface area contributed by atoms with Crippen molar-refractivity contribution in [3.8, 4) is 22.8 Å². The van der Waals surface area contributed by atoms with Gasteiger partial charge in [-0.25, -0.2) is 4.68 Å². The maximum atomic E-state index is 12.2. The standard InChI is InChI=1S/C23H23N5O3/c1-2-30-20-10-6-18(7-11-20)23-26-22(31-27-23)13-12-21(29)24-16-17-4-8-19(9-5-17)28-15-3-14-25-28/h3-11,14-15H,2,12-13,16H2,1H3,(H,24,29). The maximum absolute atomic E-state index is 12.2. The van der Waals surface area contributed by atoms with Gasteiger partial charge in [-0.1, -0.05) is 17.3 Å². The average molecular weight is 417 g/mol. The molecule has 0 unspecified atom stereocenters. The number of hydrogen-bond donors (Lipinski definition) is 1. The van der Waals surface area contributed by atoms with Crippen molar-refractivity contribution in [3.05, 3.63) is 78.4 Å². The van der Waals surface area contributed by atoms with Crippen molar-refractivity contribution in [3.63, 3.8) is 0 Å². The molecule has 4 rings (SSSR count). The van der Waals surface area contributed by atoms with Crippen LogP contribution in [0.25, 0.3) is 17.1 Å². The first-order valence-electron chi connectivity index (χ1n) is 10.1. The van der Waals surface area contributed by atoms with Gasteiger partial charge >= 0.3 is 0 Å². The predicted molar refractivity (Wildman–Crippen MR) is 115 cm³/mol. The minimum Gasteiger partial charge on any atom is -0.494 e. The van der Waals surface area contributed by atoms with E-state index in [1.807, 2.05) is 67.7 Å². The Labute approximate surface area is 179 Å². The lowest BCUT2D eigenvalue weighted by molar-refractivity contribution is -0.121. The third-order valence-electron chi connectivity index (χ3n) is 4.65. The largest absolute Gasteiger partial charge is 0.494 e. The minimum absolute atomic E-state index is 0.0722. The number of ether oxygens (including phenoxy) is 1. The number of aromatic nitrogens is 4. The molecule has 0 saturated heterocycles. The Morgan fingerprint density at radius 2 is 1.94 bits per heavy atom. The van der Waals surface area contributed by atoms with E-state index in [1.54, 1.807) is 10.9 Å². The summed E-state index contributed by atoms with van der Waals surface area (Å²) in [7, 11) is 0. The molecule has 0 aliphatic carbocycles. The quantitative estimate of drug-likeness (QED) is 0.447. The lowest BCUT2D eigenvalue weighted by Crippen LogP contribution is -2.23. The number of nitrogens with one attached hydrogen (secondary N) is 1. The Hall–Kier alpha value is -3.94. The highest BCUT2D eigenvalue weighted by Gasteiger charge is 2.11. The number of benzene rings is 2. The molecule has 0 saturated carbocycles. The van der Waals surface area contributed by atoms with E-state index in [0.29, 0.717) is 31.3 Å². The molecule has 8 heteroatoms. The monoisotopic (exact) mass is 417 g/mol. The van der Waals surface area contributed by atoms with E-state index in [0.717, 1.165) is 22.6 Å². The highest BCUT2D eigenvalue weighted by molar-refractivity contribution is 5.76. The lowest BCUT2D eigenvalue weighted by Gasteiger charge is -2.06. The Bertz CT molecular complexity index is 1100. The number of aryl methyl sites for hydroxylation is 1. The SMILES string of the molecule is CCOc1ccc(-c2noc(CCC(=O)NCc3ccc(-n4cccn4)cc3)n2)cc1. The number of nitrogens with zero attached hydrogens (tertiary/aromatic N) is 4. The molecule has 1 N–H and O–H groups in total. The summed E-state index contributed by atoms with van der Waals surface area (Å²) in [6.45, 7) is 3.01. The van der Waals surface area contributed by atoms with Crippen LogP contribution in [-0.4, -0.2) is 32.4 Å². The van der Waals surface area contributed by atoms with Crippen molar-refractivity contribution >= 4 is 5.91 Å². The van der Waals surface area contributed by atoms with Gasteiger partial charge in [0.15, 0.2) is 0 Å². The van der Waals surface area contributed by atoms with E-state index in [9.17, 15) is 4.79 Å². The van der Waals surface area contributed by atoms with Gasteiger partial charge < -0.3 is 14.6 Å². The van der Waals surface area contributed by atoms with Crippen molar-refractivity contribution in [2.45, 2.75) is 26.3 Å². The van der Waals surface area contributed by atoms with E-state index in [-0.39, 0.29) is 12.3 Å². The van der Waals surface area contributed by atoms with E-state index in [2.05, 4.69) is 20.6 Å². The molecule has 0 aliphatic rings. The Morgan fingerprint density at radius 1 is 1.13 bits per heavy atom. The summed E-state index contributed by atoms with van der Waals surface area (Å²) >= 11 is 0. The number of amides is 1. The van der Waals surface area contributed by atoms with Gasteiger partial charge in [0.1, 0.15) is 5.75 Å². The lowest BCUT2D eigenvalue weighted by atomic mass is 10.2. The van der Waals surface area contributed by atoms with E-state index >= 15 is 0 Å². The summed E-state index contributed by atoms with van der Waals surface area (Å²) in [5.74, 6) is 1.65. The molecule has 2 heterocycles. The van der Waals surface area contributed by atoms with Crippen molar-refractivity contribution < 1.29 is 14.1 Å². The second-order valence-corrected chi connectivity index (χ2v) is 6.86. The van der Waals surface area contributed by atoms with Crippen LogP contribution in [0.15, 0.2) is 71.5 Å². The first-order chi connectivity index (χ1) is 15.2. The second-order valence-electron chi connectivity index (χ2n) is 6.86. The molecule has 0 fully saturated rings. The third kappa shape index (κ3) is 5.36. The molecule has 2 aromatic heterocycles. The fourth-order valence-corrected chi connectivity index (χ4v) is 3.04. The predicted octanol–water partition coefficient (Wildman–Crippen LogP) is 3.57. The molecule has 158 valence electrons. The molecule has 0 spiro atoms. The van der Waals surface area contributed by atoms with Gasteiger partial charge in [-0.05, 0) is 55.0 Å². The normalized spacial score (nSPS) is 10.7. The van der Waals surface area contributed by atoms with Gasteiger partial charge in [-0.3, -0.25) is 4.79 Å². The zero-order valence-electron chi connectivity index (χ0n) is 17.2. The van der Waals surface area contributed by atoms with Gasteiger partial charge in [-0.2, -0.15) is 10.1 Å². The van der Waals surface area contributed by atoms with Crippen LogP contribution in [0.3, 0.4) is 0 Å². The fraction of sp³-hybridized carbons (Fsp3) is 0.217. The van der Waals surface area contributed by atoms with Crippen LogP contribution in [0, 0.1) is 0 Å². The number of carbonyl (C=O) groups is 1. The maximum Gasteiger partial charge on any atom is 0.227 e. The van der Waals surface area contributed by atoms with Gasteiger partial charge in [0.2, 0.25) is 17.6 Å². The molecule has 0 radical (unpaired) electrons. The van der Waals surface area contributed by atoms with Crippen LogP contribution >= 0.6 is 0 Å². The van der Waals surface area contributed by atoms with Crippen LogP contribution in [-0.2, 0) is 17.8 Å². The van der Waals surface area contributed by atoms with Crippen LogP contribution < -0.4 is 10.1 Å². The van der Waals surface area contributed by atoms with E-state index in [4.69, 9.17) is 9.26 Å². The molecule has 0 atom stereocenters. The molecule has 2 aromatic carbocycles. The molecule has 0 bridgehead atoms. The van der Waals surface area contributed by atoms with E-state index in [1.165, 1.54) is 0 Å². The van der Waals surface area contributed by atoms with Crippen molar-refractivity contribution in [1.82, 2.24) is 25.2 Å². The van der Waals surface area contributed by atoms with Gasteiger partial charge in [0.05, 0.1) is 12.3 Å². The molecule has 8 nitrogen and oxygen atoms in total. The highest BCUT2D eigenvalue weighted by atomic mass is 16.5. The Morgan fingerprint density at radius 3 is 2.65 bits per heavy atom. The van der Waals surface area contributed by atoms with Gasteiger partial charge in [-0.15, -0.1) is 0 Å². The zero-order chi connectivity index (χ0) is 21.5. The highest BCUT2D eigenvalue weighted by Crippen LogP contribution is 2.20. The summed E-state index contributed by atoms with van der Waals surface area (Å²) in [6, 6.07) is 17.2. The van der Waals surface area contributed by atoms with Crippen LogP contribution in [0.4, 0.5) is 0 Å². The molecule has 0 aliphatic heterocycles. The summed E-state index contributed by atoms with van der Waals surface area (Å²) in [5, 5.41) is 11.1. The van der Waals surface area contributed by atoms with Crippen molar-refractivity contribution in [2.24, 2.45) is 0 Å². The minimum atomic E-state index is -0.0722. The van der Waals surface area contributed by atoms with Crippen LogP contribution in [0.1, 0.15) is 24.8 Å². The summed E-state index contributed by atoms with van der Waals surface area (Å²) < 4.78 is 12.5. The fourth-order valence-electron chi connectivity index (χ4n) is 3.04. The first-order valence-corrected chi connectivity index (χ1v) is 10.1. The molecule has 4 aromatic rings. The van der Waals surface area contributed by atoms with Crippen LogP contribution in [0.5, 0.6) is 5.75 Å². The number of hydrogen-bond acceptors (Lipinski definition) is 6. The smallest absolute Gasteiger partial charge is 0.227 e. The second kappa shape index (κ2) is 9.71. The molecule has 31 heavy (non-hydrogen) atoms. The number of rotatable bonds is 9. The van der Waals surface area contributed by atoms with Crippen molar-refractivity contribution in [2.75, 3.05) is 6.61 Å². The third-order valence-corrected chi connectivity index (χ3v) is 4.65. The molecular weight excluding hydrogens is 394 g/mol. The van der Waals surface area contributed by atoms with E-state index < -0.39 is 0 Å². The van der Waals surface area contributed by atoms with Gasteiger partial charge in [0, 0.05) is 37.3 Å². The van der Waals surface area contributed by atoms with Crippen molar-refractivity contribution in [1.29, 1.82) is 0 Å². The number of carbonyl (C=O) groups excluding carboxylic acids is 1. The van der Waals surface area contributed by atoms with Gasteiger partial charge in [0.25, 0.3) is 0 Å². The Kier molecular flexibility index (Phi) is 6.37. The summed E-state index contributed by atoms with van der Waals surface area (Å²) in [6.07, 6.45) is 4.28. The van der Waals surface area contributed by atoms with Crippen LogP contribution in [0.2, 0.25) is 0 Å². The zero-order valence-corrected chi connectivity index (χ0v) is 17.2. The molecule has 1 amide bonds. The molecular formula is C23H23N5O3. The average Bonchev–Trinajstić information content (AvgIpc) is 3.50. The topological polar surface area (TPSA) is 95.1 Å². The Balaban J connectivity index is 1.24. The first kappa shape index (κ1) is 20.3. The summed E-state index contributed by atoms with van der Waals surface area (Å²) in [4.78, 5) is 16.6.